The summed E-state index contributed by atoms with van der Waals surface area (Å²) in [6.07, 6.45) is 6.86. The Kier molecular flexibility index (Phi) is 4.37. The summed E-state index contributed by atoms with van der Waals surface area (Å²) in [6, 6.07) is 3.45. The van der Waals surface area contributed by atoms with Crippen molar-refractivity contribution >= 4 is 17.5 Å². The number of amides is 1. The van der Waals surface area contributed by atoms with Crippen molar-refractivity contribution < 1.29 is 4.79 Å². The molecule has 1 amide bonds. The molecular weight excluding hydrogens is 236 g/mol. The topological polar surface area (TPSA) is 42.0 Å². The molecule has 1 aliphatic carbocycles. The van der Waals surface area contributed by atoms with E-state index in [9.17, 15) is 4.79 Å². The zero-order valence-corrected chi connectivity index (χ0v) is 10.5. The molecule has 1 heterocycles. The zero-order chi connectivity index (χ0) is 12.1. The van der Waals surface area contributed by atoms with E-state index in [0.717, 1.165) is 6.54 Å². The van der Waals surface area contributed by atoms with Gasteiger partial charge in [-0.3, -0.25) is 9.78 Å². The number of alkyl halides is 1. The lowest BCUT2D eigenvalue weighted by Gasteiger charge is -2.17. The van der Waals surface area contributed by atoms with Crippen LogP contribution in [0.15, 0.2) is 24.5 Å². The van der Waals surface area contributed by atoms with Crippen molar-refractivity contribution in [1.82, 2.24) is 10.3 Å². The molecule has 1 aromatic heterocycles. The molecule has 1 aliphatic rings. The van der Waals surface area contributed by atoms with Crippen molar-refractivity contribution in [2.75, 3.05) is 12.4 Å². The molecule has 3 nitrogen and oxygen atoms in total. The van der Waals surface area contributed by atoms with Gasteiger partial charge < -0.3 is 5.32 Å². The van der Waals surface area contributed by atoms with E-state index in [1.54, 1.807) is 24.5 Å². The van der Waals surface area contributed by atoms with Gasteiger partial charge in [0.15, 0.2) is 0 Å². The van der Waals surface area contributed by atoms with E-state index in [4.69, 9.17) is 11.6 Å². The Labute approximate surface area is 107 Å². The van der Waals surface area contributed by atoms with Crippen LogP contribution >= 0.6 is 11.6 Å². The summed E-state index contributed by atoms with van der Waals surface area (Å²) in [6.45, 7) is 0.735. The van der Waals surface area contributed by atoms with Crippen molar-refractivity contribution in [3.8, 4) is 0 Å². The summed E-state index contributed by atoms with van der Waals surface area (Å²) in [4.78, 5) is 15.7. The van der Waals surface area contributed by atoms with Crippen molar-refractivity contribution in [2.24, 2.45) is 11.8 Å². The van der Waals surface area contributed by atoms with E-state index in [2.05, 4.69) is 10.3 Å². The average molecular weight is 253 g/mol. The number of aromatic nitrogens is 1. The minimum Gasteiger partial charge on any atom is -0.352 e. The van der Waals surface area contributed by atoms with E-state index in [0.29, 0.717) is 23.3 Å². The molecule has 0 saturated heterocycles. The highest BCUT2D eigenvalue weighted by Crippen LogP contribution is 2.31. The minimum atomic E-state index is -0.0207. The highest BCUT2D eigenvalue weighted by Gasteiger charge is 2.26. The first-order valence-corrected chi connectivity index (χ1v) is 6.59. The molecule has 2 rings (SSSR count). The van der Waals surface area contributed by atoms with Crippen molar-refractivity contribution in [3.63, 3.8) is 0 Å². The van der Waals surface area contributed by atoms with Crippen LogP contribution in [-0.2, 0) is 0 Å². The number of carbonyl (C=O) groups is 1. The van der Waals surface area contributed by atoms with E-state index in [1.165, 1.54) is 19.3 Å². The highest BCUT2D eigenvalue weighted by molar-refractivity contribution is 6.18. The summed E-state index contributed by atoms with van der Waals surface area (Å²) in [7, 11) is 0. The van der Waals surface area contributed by atoms with Gasteiger partial charge in [-0.1, -0.05) is 6.42 Å². The monoisotopic (exact) mass is 252 g/mol. The second-order valence-electron chi connectivity index (χ2n) is 4.55. The molecule has 0 aromatic carbocycles. The van der Waals surface area contributed by atoms with Gasteiger partial charge in [0.25, 0.3) is 5.91 Å². The van der Waals surface area contributed by atoms with Crippen LogP contribution in [-0.4, -0.2) is 23.3 Å². The Hall–Kier alpha value is -1.09. The number of hydrogen-bond acceptors (Lipinski definition) is 2. The number of rotatable bonds is 4. The fourth-order valence-corrected chi connectivity index (χ4v) is 2.82. The lowest BCUT2D eigenvalue weighted by Crippen LogP contribution is -2.31. The van der Waals surface area contributed by atoms with Crippen LogP contribution in [0.5, 0.6) is 0 Å². The number of halogens is 1. The van der Waals surface area contributed by atoms with Gasteiger partial charge in [-0.15, -0.1) is 11.6 Å². The van der Waals surface area contributed by atoms with Crippen molar-refractivity contribution in [3.05, 3.63) is 30.1 Å². The maximum atomic E-state index is 11.8. The van der Waals surface area contributed by atoms with Gasteiger partial charge in [0.1, 0.15) is 0 Å². The van der Waals surface area contributed by atoms with Gasteiger partial charge in [-0.25, -0.2) is 0 Å². The van der Waals surface area contributed by atoms with Crippen LogP contribution in [0, 0.1) is 11.8 Å². The normalized spacial score (nSPS) is 23.6. The van der Waals surface area contributed by atoms with E-state index < -0.39 is 0 Å². The summed E-state index contributed by atoms with van der Waals surface area (Å²) in [5, 5.41) is 2.98. The Morgan fingerprint density at radius 2 is 2.06 bits per heavy atom. The summed E-state index contributed by atoms with van der Waals surface area (Å²) in [5.74, 6) is 1.79. The number of nitrogens with one attached hydrogen (secondary N) is 1. The van der Waals surface area contributed by atoms with Crippen LogP contribution in [0.25, 0.3) is 0 Å². The quantitative estimate of drug-likeness (QED) is 0.837. The first-order valence-electron chi connectivity index (χ1n) is 6.05. The third-order valence-corrected chi connectivity index (χ3v) is 3.88. The van der Waals surface area contributed by atoms with Gasteiger partial charge in [-0.2, -0.15) is 0 Å². The molecule has 0 aliphatic heterocycles. The second kappa shape index (κ2) is 6.01. The molecule has 4 heteroatoms. The average Bonchev–Trinajstić information content (AvgIpc) is 2.84. The number of nitrogens with zero attached hydrogens (tertiary/aromatic N) is 1. The molecule has 2 atom stereocenters. The largest absolute Gasteiger partial charge is 0.352 e. The third kappa shape index (κ3) is 3.19. The van der Waals surface area contributed by atoms with Gasteiger partial charge in [0, 0.05) is 30.4 Å². The van der Waals surface area contributed by atoms with E-state index in [-0.39, 0.29) is 5.91 Å². The Morgan fingerprint density at radius 1 is 1.35 bits per heavy atom. The summed E-state index contributed by atoms with van der Waals surface area (Å²) in [5.41, 5.74) is 0.667. The third-order valence-electron chi connectivity index (χ3n) is 3.48. The van der Waals surface area contributed by atoms with Crippen molar-refractivity contribution in [1.29, 1.82) is 0 Å². The molecular formula is C13H17ClN2O. The first-order chi connectivity index (χ1) is 8.31. The Bertz CT molecular complexity index is 369. The lowest BCUT2D eigenvalue weighted by molar-refractivity contribution is 0.0944. The minimum absolute atomic E-state index is 0.0207. The Balaban J connectivity index is 1.84. The molecule has 0 radical (unpaired) electrons. The number of hydrogen-bond donors (Lipinski definition) is 1. The Morgan fingerprint density at radius 3 is 2.76 bits per heavy atom. The van der Waals surface area contributed by atoms with Crippen LogP contribution in [0.4, 0.5) is 0 Å². The van der Waals surface area contributed by atoms with Crippen LogP contribution in [0.1, 0.15) is 29.6 Å². The van der Waals surface area contributed by atoms with Gasteiger partial charge in [-0.05, 0) is 36.8 Å². The SMILES string of the molecule is O=C(NCC1CCCC1CCl)c1ccncc1. The standard InChI is InChI=1S/C13H17ClN2O/c14-8-11-2-1-3-12(11)9-16-13(17)10-4-6-15-7-5-10/h4-7,11-12H,1-3,8-9H2,(H,16,17). The molecule has 17 heavy (non-hydrogen) atoms. The summed E-state index contributed by atoms with van der Waals surface area (Å²) >= 11 is 5.91. The molecule has 1 saturated carbocycles. The second-order valence-corrected chi connectivity index (χ2v) is 4.86. The molecule has 92 valence electrons. The van der Waals surface area contributed by atoms with Crippen molar-refractivity contribution in [2.45, 2.75) is 19.3 Å². The fourth-order valence-electron chi connectivity index (χ4n) is 2.41. The predicted octanol–water partition coefficient (Wildman–Crippen LogP) is 2.47. The first kappa shape index (κ1) is 12.4. The number of carbonyl (C=O) groups excluding carboxylic acids is 1. The van der Waals surface area contributed by atoms with Gasteiger partial charge in [0.05, 0.1) is 0 Å². The summed E-state index contributed by atoms with van der Waals surface area (Å²) < 4.78 is 0. The van der Waals surface area contributed by atoms with Crippen LogP contribution in [0.3, 0.4) is 0 Å². The molecule has 1 aromatic rings. The maximum Gasteiger partial charge on any atom is 0.251 e. The maximum absolute atomic E-state index is 11.8. The predicted molar refractivity (Wildman–Crippen MR) is 68.1 cm³/mol. The smallest absolute Gasteiger partial charge is 0.251 e. The van der Waals surface area contributed by atoms with E-state index in [1.807, 2.05) is 0 Å². The van der Waals surface area contributed by atoms with Crippen LogP contribution in [0.2, 0.25) is 0 Å². The molecule has 1 fully saturated rings. The van der Waals surface area contributed by atoms with Crippen LogP contribution < -0.4 is 5.32 Å². The molecule has 1 N–H and O–H groups in total. The number of pyridine rings is 1. The van der Waals surface area contributed by atoms with Gasteiger partial charge in [0.2, 0.25) is 0 Å². The highest BCUT2D eigenvalue weighted by atomic mass is 35.5. The molecule has 0 bridgehead atoms. The molecule has 0 spiro atoms. The zero-order valence-electron chi connectivity index (χ0n) is 9.73. The van der Waals surface area contributed by atoms with Gasteiger partial charge >= 0.3 is 0 Å². The fraction of sp³-hybridized carbons (Fsp3) is 0.538. The van der Waals surface area contributed by atoms with E-state index >= 15 is 0 Å². The molecule has 2 unspecified atom stereocenters. The lowest BCUT2D eigenvalue weighted by atomic mass is 9.98.